The molecule has 0 bridgehead atoms. The summed E-state index contributed by atoms with van der Waals surface area (Å²) < 4.78 is 13.6. The number of aromatic nitrogens is 2. The Bertz CT molecular complexity index is 732. The van der Waals surface area contributed by atoms with Gasteiger partial charge in [0.05, 0.1) is 6.20 Å². The van der Waals surface area contributed by atoms with Crippen LogP contribution in [0.5, 0.6) is 0 Å². The van der Waals surface area contributed by atoms with Crippen molar-refractivity contribution in [3.8, 4) is 0 Å². The van der Waals surface area contributed by atoms with Crippen molar-refractivity contribution in [1.82, 2.24) is 20.2 Å². The first-order chi connectivity index (χ1) is 12.5. The highest BCUT2D eigenvalue weighted by molar-refractivity contribution is 5.83. The van der Waals surface area contributed by atoms with Crippen molar-refractivity contribution in [1.29, 1.82) is 0 Å². The summed E-state index contributed by atoms with van der Waals surface area (Å²) in [7, 11) is 3.65. The zero-order valence-corrected chi connectivity index (χ0v) is 15.1. The molecule has 0 spiro atoms. The van der Waals surface area contributed by atoms with Crippen molar-refractivity contribution >= 4 is 11.7 Å². The number of likely N-dealkylation sites (N-methyl/N-ethyl adjacent to an activating group) is 1. The fourth-order valence-corrected chi connectivity index (χ4v) is 3.35. The third-order valence-electron chi connectivity index (χ3n) is 4.64. The molecular weight excluding hydrogens is 333 g/mol. The van der Waals surface area contributed by atoms with E-state index in [1.54, 1.807) is 35.6 Å². The quantitative estimate of drug-likeness (QED) is 0.887. The standard InChI is InChI=1S/C19H24FN5O/c1-24(2)18(14-4-3-5-15(20)12-14)19(26)23-16-6-10-25(11-7-16)17-13-21-8-9-22-17/h3-5,8-9,12-13,16,18H,6-7,10-11H2,1-2H3,(H,23,26). The van der Waals surface area contributed by atoms with Crippen LogP contribution in [0.3, 0.4) is 0 Å². The zero-order valence-electron chi connectivity index (χ0n) is 15.1. The first kappa shape index (κ1) is 18.3. The highest BCUT2D eigenvalue weighted by atomic mass is 19.1. The van der Waals surface area contributed by atoms with E-state index in [1.165, 1.54) is 12.1 Å². The summed E-state index contributed by atoms with van der Waals surface area (Å²) in [5, 5.41) is 3.12. The first-order valence-electron chi connectivity index (χ1n) is 8.78. The van der Waals surface area contributed by atoms with Crippen molar-refractivity contribution in [2.75, 3.05) is 32.1 Å². The lowest BCUT2D eigenvalue weighted by molar-refractivity contribution is -0.126. The van der Waals surface area contributed by atoms with Crippen LogP contribution in [-0.2, 0) is 4.79 Å². The smallest absolute Gasteiger partial charge is 0.242 e. The average Bonchev–Trinajstić information content (AvgIpc) is 2.63. The highest BCUT2D eigenvalue weighted by Crippen LogP contribution is 2.21. The van der Waals surface area contributed by atoms with E-state index in [-0.39, 0.29) is 17.8 Å². The molecule has 0 radical (unpaired) electrons. The molecule has 1 atom stereocenters. The third kappa shape index (κ3) is 4.35. The van der Waals surface area contributed by atoms with Gasteiger partial charge in [-0.3, -0.25) is 14.7 Å². The van der Waals surface area contributed by atoms with Gasteiger partial charge in [0.1, 0.15) is 17.7 Å². The number of benzene rings is 1. The summed E-state index contributed by atoms with van der Waals surface area (Å²) in [4.78, 5) is 25.2. The number of nitrogens with one attached hydrogen (secondary N) is 1. The number of amides is 1. The molecule has 26 heavy (non-hydrogen) atoms. The monoisotopic (exact) mass is 357 g/mol. The van der Waals surface area contributed by atoms with Crippen LogP contribution in [0.4, 0.5) is 10.2 Å². The highest BCUT2D eigenvalue weighted by Gasteiger charge is 2.27. The van der Waals surface area contributed by atoms with E-state index in [0.29, 0.717) is 5.56 Å². The number of nitrogens with zero attached hydrogens (tertiary/aromatic N) is 4. The number of carbonyl (C=O) groups is 1. The van der Waals surface area contributed by atoms with E-state index in [1.807, 2.05) is 14.1 Å². The average molecular weight is 357 g/mol. The van der Waals surface area contributed by atoms with Gasteiger partial charge in [-0.25, -0.2) is 9.37 Å². The number of halogens is 1. The molecule has 1 aromatic heterocycles. The van der Waals surface area contributed by atoms with Gasteiger partial charge in [0, 0.05) is 31.5 Å². The maximum absolute atomic E-state index is 13.6. The van der Waals surface area contributed by atoms with Gasteiger partial charge in [0.2, 0.25) is 5.91 Å². The Morgan fingerprint density at radius 2 is 2.08 bits per heavy atom. The largest absolute Gasteiger partial charge is 0.355 e. The third-order valence-corrected chi connectivity index (χ3v) is 4.64. The second-order valence-corrected chi connectivity index (χ2v) is 6.75. The molecule has 1 amide bonds. The SMILES string of the molecule is CN(C)C(C(=O)NC1CCN(c2cnccn2)CC1)c1cccc(F)c1. The van der Waals surface area contributed by atoms with Crippen molar-refractivity contribution in [2.24, 2.45) is 0 Å². The van der Waals surface area contributed by atoms with Gasteiger partial charge in [0.15, 0.2) is 0 Å². The van der Waals surface area contributed by atoms with E-state index in [2.05, 4.69) is 20.2 Å². The minimum Gasteiger partial charge on any atom is -0.355 e. The molecular formula is C19H24FN5O. The Kier molecular flexibility index (Phi) is 5.78. The number of carbonyl (C=O) groups excluding carboxylic acids is 1. The van der Waals surface area contributed by atoms with Crippen LogP contribution in [0.2, 0.25) is 0 Å². The van der Waals surface area contributed by atoms with Gasteiger partial charge >= 0.3 is 0 Å². The summed E-state index contributed by atoms with van der Waals surface area (Å²) in [5.41, 5.74) is 0.657. The molecule has 3 rings (SSSR count). The number of piperidine rings is 1. The summed E-state index contributed by atoms with van der Waals surface area (Å²) >= 11 is 0. The predicted octanol–water partition coefficient (Wildman–Crippen LogP) is 2.00. The lowest BCUT2D eigenvalue weighted by Gasteiger charge is -2.34. The molecule has 6 nitrogen and oxygen atoms in total. The molecule has 0 saturated carbocycles. The number of hydrogen-bond acceptors (Lipinski definition) is 5. The van der Waals surface area contributed by atoms with Gasteiger partial charge in [-0.05, 0) is 44.6 Å². The zero-order chi connectivity index (χ0) is 18.5. The van der Waals surface area contributed by atoms with Gasteiger partial charge < -0.3 is 10.2 Å². The van der Waals surface area contributed by atoms with Crippen LogP contribution in [-0.4, -0.2) is 54.0 Å². The second kappa shape index (κ2) is 8.23. The topological polar surface area (TPSA) is 61.4 Å². The maximum Gasteiger partial charge on any atom is 0.242 e. The summed E-state index contributed by atoms with van der Waals surface area (Å²) in [6.45, 7) is 1.63. The summed E-state index contributed by atoms with van der Waals surface area (Å²) in [6, 6.07) is 5.81. The minimum atomic E-state index is -0.510. The molecule has 2 aromatic rings. The predicted molar refractivity (Wildman–Crippen MR) is 98.2 cm³/mol. The summed E-state index contributed by atoms with van der Waals surface area (Å²) in [6.07, 6.45) is 6.77. The Morgan fingerprint density at radius 1 is 1.31 bits per heavy atom. The van der Waals surface area contributed by atoms with Crippen LogP contribution in [0.25, 0.3) is 0 Å². The molecule has 138 valence electrons. The molecule has 1 unspecified atom stereocenters. The van der Waals surface area contributed by atoms with Crippen molar-refractivity contribution < 1.29 is 9.18 Å². The van der Waals surface area contributed by atoms with Crippen LogP contribution in [0.1, 0.15) is 24.4 Å². The van der Waals surface area contributed by atoms with E-state index >= 15 is 0 Å². The number of anilines is 1. The number of rotatable bonds is 5. The fourth-order valence-electron chi connectivity index (χ4n) is 3.35. The van der Waals surface area contributed by atoms with E-state index < -0.39 is 6.04 Å². The number of hydrogen-bond donors (Lipinski definition) is 1. The normalized spacial score (nSPS) is 16.5. The molecule has 1 aromatic carbocycles. The molecule has 1 aliphatic heterocycles. The molecule has 7 heteroatoms. The van der Waals surface area contributed by atoms with Crippen LogP contribution >= 0.6 is 0 Å². The minimum absolute atomic E-state index is 0.0986. The first-order valence-corrected chi connectivity index (χ1v) is 8.78. The Hall–Kier alpha value is -2.54. The van der Waals surface area contributed by atoms with Crippen molar-refractivity contribution in [3.63, 3.8) is 0 Å². The van der Waals surface area contributed by atoms with Crippen LogP contribution in [0, 0.1) is 5.82 Å². The molecule has 1 aliphatic rings. The Balaban J connectivity index is 1.60. The molecule has 0 aliphatic carbocycles. The second-order valence-electron chi connectivity index (χ2n) is 6.75. The molecule has 1 fully saturated rings. The van der Waals surface area contributed by atoms with Gasteiger partial charge in [-0.1, -0.05) is 12.1 Å². The van der Waals surface area contributed by atoms with Gasteiger partial charge in [0.25, 0.3) is 0 Å². The van der Waals surface area contributed by atoms with E-state index in [4.69, 9.17) is 0 Å². The molecule has 1 saturated heterocycles. The van der Waals surface area contributed by atoms with E-state index in [9.17, 15) is 9.18 Å². The van der Waals surface area contributed by atoms with Gasteiger partial charge in [-0.2, -0.15) is 0 Å². The maximum atomic E-state index is 13.6. The van der Waals surface area contributed by atoms with E-state index in [0.717, 1.165) is 31.7 Å². The van der Waals surface area contributed by atoms with Crippen LogP contribution < -0.4 is 10.2 Å². The Morgan fingerprint density at radius 3 is 2.69 bits per heavy atom. The van der Waals surface area contributed by atoms with Crippen molar-refractivity contribution in [2.45, 2.75) is 24.9 Å². The Labute approximate surface area is 153 Å². The molecule has 2 heterocycles. The van der Waals surface area contributed by atoms with Gasteiger partial charge in [-0.15, -0.1) is 0 Å². The lowest BCUT2D eigenvalue weighted by Crippen LogP contribution is -2.48. The summed E-state index contributed by atoms with van der Waals surface area (Å²) in [5.74, 6) is 0.432. The van der Waals surface area contributed by atoms with Crippen molar-refractivity contribution in [3.05, 3.63) is 54.2 Å². The molecule has 1 N–H and O–H groups in total. The lowest BCUT2D eigenvalue weighted by atomic mass is 10.0. The van der Waals surface area contributed by atoms with Crippen LogP contribution in [0.15, 0.2) is 42.9 Å². The fraction of sp³-hybridized carbons (Fsp3) is 0.421.